The Balaban J connectivity index is 1.90. The fourth-order valence-electron chi connectivity index (χ4n) is 2.62. The van der Waals surface area contributed by atoms with Crippen LogP contribution in [0.3, 0.4) is 0 Å². The summed E-state index contributed by atoms with van der Waals surface area (Å²) in [5.74, 6) is 0.405. The highest BCUT2D eigenvalue weighted by Crippen LogP contribution is 2.31. The van der Waals surface area contributed by atoms with Gasteiger partial charge in [0.25, 0.3) is 5.91 Å². The molecule has 1 fully saturated rings. The van der Waals surface area contributed by atoms with Gasteiger partial charge in [-0.05, 0) is 31.4 Å². The monoisotopic (exact) mass is 333 g/mol. The molecule has 1 aliphatic rings. The zero-order valence-corrected chi connectivity index (χ0v) is 14.1. The molecule has 1 amide bonds. The maximum atomic E-state index is 11.9. The van der Waals surface area contributed by atoms with Crippen LogP contribution >= 0.6 is 0 Å². The van der Waals surface area contributed by atoms with Crippen LogP contribution in [0, 0.1) is 0 Å². The molecule has 0 unspecified atom stereocenters. The van der Waals surface area contributed by atoms with E-state index in [4.69, 9.17) is 14.2 Å². The molecule has 6 heteroatoms. The van der Waals surface area contributed by atoms with Crippen molar-refractivity contribution in [2.45, 2.75) is 19.3 Å². The smallest absolute Gasteiger partial charge is 0.331 e. The van der Waals surface area contributed by atoms with Crippen LogP contribution in [0.2, 0.25) is 0 Å². The van der Waals surface area contributed by atoms with E-state index in [2.05, 4.69) is 0 Å². The lowest BCUT2D eigenvalue weighted by molar-refractivity contribution is -0.148. The Labute approximate surface area is 142 Å². The molecule has 0 radical (unpaired) electrons. The Morgan fingerprint density at radius 1 is 1.12 bits per heavy atom. The number of benzene rings is 1. The first-order valence-corrected chi connectivity index (χ1v) is 7.99. The highest BCUT2D eigenvalue weighted by atomic mass is 16.5. The van der Waals surface area contributed by atoms with Gasteiger partial charge >= 0.3 is 5.97 Å². The summed E-state index contributed by atoms with van der Waals surface area (Å²) < 4.78 is 15.5. The topological polar surface area (TPSA) is 65.1 Å². The number of nitrogens with zero attached hydrogens (tertiary/aromatic N) is 1. The fraction of sp³-hybridized carbons (Fsp3) is 0.444. The van der Waals surface area contributed by atoms with Gasteiger partial charge in [0.15, 0.2) is 18.1 Å². The van der Waals surface area contributed by atoms with Crippen LogP contribution in [0.25, 0.3) is 6.08 Å². The zero-order valence-electron chi connectivity index (χ0n) is 14.1. The third-order valence-electron chi connectivity index (χ3n) is 3.88. The second-order valence-electron chi connectivity index (χ2n) is 5.47. The number of carbonyl (C=O) groups is 2. The van der Waals surface area contributed by atoms with Crippen molar-refractivity contribution in [3.8, 4) is 11.5 Å². The third-order valence-corrected chi connectivity index (χ3v) is 3.88. The number of amides is 1. The predicted molar refractivity (Wildman–Crippen MR) is 90.0 cm³/mol. The molecule has 0 bridgehead atoms. The van der Waals surface area contributed by atoms with Crippen molar-refractivity contribution in [2.75, 3.05) is 33.9 Å². The molecule has 0 spiro atoms. The quantitative estimate of drug-likeness (QED) is 0.590. The summed E-state index contributed by atoms with van der Waals surface area (Å²) in [6.07, 6.45) is 6.02. The molecule has 0 saturated carbocycles. The Kier molecular flexibility index (Phi) is 6.66. The summed E-state index contributed by atoms with van der Waals surface area (Å²) in [7, 11) is 3.08. The number of hydrogen-bond donors (Lipinski definition) is 0. The van der Waals surface area contributed by atoms with Crippen molar-refractivity contribution < 1.29 is 23.8 Å². The van der Waals surface area contributed by atoms with Crippen LogP contribution in [0.5, 0.6) is 11.5 Å². The van der Waals surface area contributed by atoms with Gasteiger partial charge in [0.2, 0.25) is 0 Å². The van der Waals surface area contributed by atoms with Crippen molar-refractivity contribution in [3.63, 3.8) is 0 Å². The number of rotatable bonds is 6. The summed E-state index contributed by atoms with van der Waals surface area (Å²) in [5, 5.41) is 0. The lowest BCUT2D eigenvalue weighted by Gasteiger charge is -2.26. The summed E-state index contributed by atoms with van der Waals surface area (Å²) in [6.45, 7) is 1.26. The first-order chi connectivity index (χ1) is 11.7. The first-order valence-electron chi connectivity index (χ1n) is 7.99. The molecule has 1 saturated heterocycles. The molecule has 0 aromatic heterocycles. The van der Waals surface area contributed by atoms with Crippen molar-refractivity contribution in [1.82, 2.24) is 4.90 Å². The van der Waals surface area contributed by atoms with E-state index in [0.29, 0.717) is 17.1 Å². The molecule has 0 atom stereocenters. The maximum Gasteiger partial charge on any atom is 0.331 e. The average Bonchev–Trinajstić information content (AvgIpc) is 2.64. The van der Waals surface area contributed by atoms with E-state index in [1.165, 1.54) is 13.2 Å². The van der Waals surface area contributed by atoms with Gasteiger partial charge in [-0.3, -0.25) is 4.79 Å². The van der Waals surface area contributed by atoms with Crippen LogP contribution in [0.4, 0.5) is 0 Å². The van der Waals surface area contributed by atoms with E-state index in [9.17, 15) is 9.59 Å². The predicted octanol–water partition coefficient (Wildman–Crippen LogP) is 2.27. The highest BCUT2D eigenvalue weighted by Gasteiger charge is 2.17. The second-order valence-corrected chi connectivity index (χ2v) is 5.47. The molecule has 6 nitrogen and oxygen atoms in total. The largest absolute Gasteiger partial charge is 0.493 e. The number of likely N-dealkylation sites (tertiary alicyclic amines) is 1. The number of hydrogen-bond acceptors (Lipinski definition) is 5. The molecular formula is C18H23NO5. The summed E-state index contributed by atoms with van der Waals surface area (Å²) in [6, 6.07) is 5.36. The van der Waals surface area contributed by atoms with E-state index in [0.717, 1.165) is 32.4 Å². The standard InChI is InChI=1S/C18H23NO5/c1-22-15-8-6-7-14(18(15)23-2)9-10-17(21)24-13-16(20)19-11-4-3-5-12-19/h6-10H,3-5,11-13H2,1-2H3/b10-9+. The molecule has 1 aliphatic heterocycles. The molecular weight excluding hydrogens is 310 g/mol. The minimum Gasteiger partial charge on any atom is -0.493 e. The number of ether oxygens (including phenoxy) is 3. The molecule has 0 aliphatic carbocycles. The number of piperidine rings is 1. The first kappa shape index (κ1) is 17.8. The van der Waals surface area contributed by atoms with Gasteiger partial charge in [0.05, 0.1) is 14.2 Å². The van der Waals surface area contributed by atoms with E-state index >= 15 is 0 Å². The number of para-hydroxylation sites is 1. The van der Waals surface area contributed by atoms with Gasteiger partial charge in [0, 0.05) is 24.7 Å². The molecule has 1 aromatic carbocycles. The Morgan fingerprint density at radius 3 is 2.54 bits per heavy atom. The lowest BCUT2D eigenvalue weighted by atomic mass is 10.1. The van der Waals surface area contributed by atoms with Crippen molar-refractivity contribution in [3.05, 3.63) is 29.8 Å². The molecule has 24 heavy (non-hydrogen) atoms. The van der Waals surface area contributed by atoms with Crippen molar-refractivity contribution in [1.29, 1.82) is 0 Å². The van der Waals surface area contributed by atoms with E-state index in [1.807, 2.05) is 0 Å². The van der Waals surface area contributed by atoms with Gasteiger partial charge in [-0.2, -0.15) is 0 Å². The SMILES string of the molecule is COc1cccc(/C=C/C(=O)OCC(=O)N2CCCCC2)c1OC. The summed E-state index contributed by atoms with van der Waals surface area (Å²) in [4.78, 5) is 25.5. The van der Waals surface area contributed by atoms with Crippen LogP contribution in [0.15, 0.2) is 24.3 Å². The van der Waals surface area contributed by atoms with Gasteiger partial charge < -0.3 is 19.1 Å². The van der Waals surface area contributed by atoms with Gasteiger partial charge in [0.1, 0.15) is 0 Å². The van der Waals surface area contributed by atoms with Gasteiger partial charge in [-0.15, -0.1) is 0 Å². The Hall–Kier alpha value is -2.50. The van der Waals surface area contributed by atoms with Gasteiger partial charge in [-0.25, -0.2) is 4.79 Å². The molecule has 1 heterocycles. The molecule has 130 valence electrons. The van der Waals surface area contributed by atoms with E-state index in [1.54, 1.807) is 36.3 Å². The summed E-state index contributed by atoms with van der Waals surface area (Å²) in [5.41, 5.74) is 0.691. The van der Waals surface area contributed by atoms with Crippen molar-refractivity contribution >= 4 is 18.0 Å². The fourth-order valence-corrected chi connectivity index (χ4v) is 2.62. The zero-order chi connectivity index (χ0) is 17.4. The van der Waals surface area contributed by atoms with E-state index in [-0.39, 0.29) is 12.5 Å². The second kappa shape index (κ2) is 8.96. The van der Waals surface area contributed by atoms with Gasteiger partial charge in [-0.1, -0.05) is 12.1 Å². The molecule has 1 aromatic rings. The number of methoxy groups -OCH3 is 2. The third kappa shape index (κ3) is 4.75. The Bertz CT molecular complexity index is 605. The Morgan fingerprint density at radius 2 is 1.88 bits per heavy atom. The number of esters is 1. The van der Waals surface area contributed by atoms with E-state index < -0.39 is 5.97 Å². The molecule has 2 rings (SSSR count). The average molecular weight is 333 g/mol. The minimum absolute atomic E-state index is 0.143. The highest BCUT2D eigenvalue weighted by molar-refractivity contribution is 5.89. The minimum atomic E-state index is -0.565. The summed E-state index contributed by atoms with van der Waals surface area (Å²) >= 11 is 0. The van der Waals surface area contributed by atoms with Crippen LogP contribution in [-0.4, -0.2) is 50.7 Å². The number of carbonyl (C=O) groups excluding carboxylic acids is 2. The molecule has 0 N–H and O–H groups in total. The maximum absolute atomic E-state index is 11.9. The van der Waals surface area contributed by atoms with Crippen LogP contribution in [0.1, 0.15) is 24.8 Å². The van der Waals surface area contributed by atoms with Crippen LogP contribution in [-0.2, 0) is 14.3 Å². The van der Waals surface area contributed by atoms with Crippen molar-refractivity contribution in [2.24, 2.45) is 0 Å². The van der Waals surface area contributed by atoms with Crippen LogP contribution < -0.4 is 9.47 Å². The normalized spacial score (nSPS) is 14.5. The lowest BCUT2D eigenvalue weighted by Crippen LogP contribution is -2.38.